The van der Waals surface area contributed by atoms with Gasteiger partial charge in [-0.1, -0.05) is 40.2 Å². The van der Waals surface area contributed by atoms with Gasteiger partial charge in [0.25, 0.3) is 0 Å². The van der Waals surface area contributed by atoms with Gasteiger partial charge in [0.2, 0.25) is 5.91 Å². The molecular formula is C19H17BrN2O. The van der Waals surface area contributed by atoms with Crippen molar-refractivity contribution < 1.29 is 4.79 Å². The smallest absolute Gasteiger partial charge is 0.240 e. The van der Waals surface area contributed by atoms with Crippen LogP contribution in [0, 0.1) is 0 Å². The topological polar surface area (TPSA) is 34.0 Å². The molecule has 0 aliphatic heterocycles. The zero-order valence-corrected chi connectivity index (χ0v) is 14.2. The van der Waals surface area contributed by atoms with E-state index in [1.54, 1.807) is 0 Å². The number of carbonyl (C=O) groups excluding carboxylic acids is 1. The highest BCUT2D eigenvalue weighted by atomic mass is 79.9. The summed E-state index contributed by atoms with van der Waals surface area (Å²) < 4.78 is 3.05. The van der Waals surface area contributed by atoms with Crippen LogP contribution in [0.25, 0.3) is 10.9 Å². The van der Waals surface area contributed by atoms with Gasteiger partial charge in [0.1, 0.15) is 6.54 Å². The second-order valence-electron chi connectivity index (χ2n) is 6.09. The van der Waals surface area contributed by atoms with E-state index in [-0.39, 0.29) is 11.9 Å². The molecule has 0 unspecified atom stereocenters. The molecule has 4 heteroatoms. The van der Waals surface area contributed by atoms with Crippen LogP contribution in [0.5, 0.6) is 0 Å². The summed E-state index contributed by atoms with van der Waals surface area (Å²) in [6, 6.07) is 16.8. The van der Waals surface area contributed by atoms with Crippen LogP contribution in [0.2, 0.25) is 0 Å². The molecule has 116 valence electrons. The van der Waals surface area contributed by atoms with Crippen LogP contribution in [0.1, 0.15) is 11.1 Å². The molecular weight excluding hydrogens is 352 g/mol. The molecule has 0 saturated heterocycles. The number of fused-ring (bicyclic) bond motifs is 2. The summed E-state index contributed by atoms with van der Waals surface area (Å²) in [6.07, 6.45) is 3.84. The van der Waals surface area contributed by atoms with Crippen molar-refractivity contribution in [3.05, 3.63) is 70.3 Å². The molecule has 23 heavy (non-hydrogen) atoms. The van der Waals surface area contributed by atoms with Gasteiger partial charge in [0.05, 0.1) is 0 Å². The lowest BCUT2D eigenvalue weighted by atomic mass is 10.1. The maximum atomic E-state index is 12.4. The van der Waals surface area contributed by atoms with Gasteiger partial charge in [-0.2, -0.15) is 0 Å². The van der Waals surface area contributed by atoms with Gasteiger partial charge in [0.15, 0.2) is 0 Å². The van der Waals surface area contributed by atoms with Crippen molar-refractivity contribution in [3.8, 4) is 0 Å². The van der Waals surface area contributed by atoms with Gasteiger partial charge >= 0.3 is 0 Å². The SMILES string of the molecule is O=C(Cn1ccc2cc(Br)ccc21)NC1Cc2ccccc2C1. The highest BCUT2D eigenvalue weighted by Gasteiger charge is 2.22. The second-order valence-corrected chi connectivity index (χ2v) is 7.00. The summed E-state index contributed by atoms with van der Waals surface area (Å²) in [5, 5.41) is 4.31. The number of hydrogen-bond acceptors (Lipinski definition) is 1. The number of rotatable bonds is 3. The third-order valence-electron chi connectivity index (χ3n) is 4.46. The third kappa shape index (κ3) is 2.91. The zero-order chi connectivity index (χ0) is 15.8. The van der Waals surface area contributed by atoms with Gasteiger partial charge in [0, 0.05) is 27.6 Å². The molecule has 1 aliphatic rings. The maximum absolute atomic E-state index is 12.4. The summed E-state index contributed by atoms with van der Waals surface area (Å²) in [6.45, 7) is 0.359. The summed E-state index contributed by atoms with van der Waals surface area (Å²) in [4.78, 5) is 12.4. The Morgan fingerprint density at radius 2 is 1.87 bits per heavy atom. The zero-order valence-electron chi connectivity index (χ0n) is 12.6. The summed E-state index contributed by atoms with van der Waals surface area (Å²) in [5.41, 5.74) is 3.79. The van der Waals surface area contributed by atoms with E-state index in [1.165, 1.54) is 11.1 Å². The van der Waals surface area contributed by atoms with Crippen LogP contribution in [0.15, 0.2) is 59.2 Å². The first-order chi connectivity index (χ1) is 11.2. The molecule has 0 atom stereocenters. The highest BCUT2D eigenvalue weighted by Crippen LogP contribution is 2.22. The predicted octanol–water partition coefficient (Wildman–Crippen LogP) is 3.69. The Kier molecular flexibility index (Phi) is 3.69. The van der Waals surface area contributed by atoms with Crippen LogP contribution in [-0.4, -0.2) is 16.5 Å². The Balaban J connectivity index is 1.44. The molecule has 3 nitrogen and oxygen atoms in total. The standard InChI is InChI=1S/C19H17BrN2O/c20-16-5-6-18-15(9-16)7-8-22(18)12-19(23)21-17-10-13-3-1-2-4-14(13)11-17/h1-9,17H,10-12H2,(H,21,23). The molecule has 0 bridgehead atoms. The van der Waals surface area contributed by atoms with Crippen molar-refractivity contribution in [2.45, 2.75) is 25.4 Å². The molecule has 0 fully saturated rings. The molecule has 1 amide bonds. The van der Waals surface area contributed by atoms with E-state index in [4.69, 9.17) is 0 Å². The maximum Gasteiger partial charge on any atom is 0.240 e. The van der Waals surface area contributed by atoms with Crippen molar-refractivity contribution in [2.75, 3.05) is 0 Å². The minimum atomic E-state index is 0.0724. The molecule has 1 N–H and O–H groups in total. The van der Waals surface area contributed by atoms with Crippen LogP contribution in [0.4, 0.5) is 0 Å². The van der Waals surface area contributed by atoms with Gasteiger partial charge in [-0.15, -0.1) is 0 Å². The number of aromatic nitrogens is 1. The molecule has 3 aromatic rings. The fourth-order valence-electron chi connectivity index (χ4n) is 3.40. The number of benzene rings is 2. The summed E-state index contributed by atoms with van der Waals surface area (Å²) in [7, 11) is 0. The van der Waals surface area contributed by atoms with E-state index in [0.717, 1.165) is 28.2 Å². The largest absolute Gasteiger partial charge is 0.351 e. The van der Waals surface area contributed by atoms with E-state index in [9.17, 15) is 4.79 Å². The Hall–Kier alpha value is -2.07. The Morgan fingerprint density at radius 3 is 2.61 bits per heavy atom. The molecule has 1 aliphatic carbocycles. The van der Waals surface area contributed by atoms with Gasteiger partial charge in [-0.05, 0) is 48.2 Å². The lowest BCUT2D eigenvalue weighted by Gasteiger charge is -2.13. The third-order valence-corrected chi connectivity index (χ3v) is 4.96. The summed E-state index contributed by atoms with van der Waals surface area (Å²) >= 11 is 3.48. The highest BCUT2D eigenvalue weighted by molar-refractivity contribution is 9.10. The Morgan fingerprint density at radius 1 is 1.13 bits per heavy atom. The molecule has 1 heterocycles. The van der Waals surface area contributed by atoms with Crippen molar-refractivity contribution in [2.24, 2.45) is 0 Å². The first-order valence-electron chi connectivity index (χ1n) is 7.79. The number of carbonyl (C=O) groups is 1. The van der Waals surface area contributed by atoms with Crippen molar-refractivity contribution in [3.63, 3.8) is 0 Å². The molecule has 0 spiro atoms. The van der Waals surface area contributed by atoms with Crippen LogP contribution in [-0.2, 0) is 24.2 Å². The fourth-order valence-corrected chi connectivity index (χ4v) is 3.78. The minimum Gasteiger partial charge on any atom is -0.351 e. The van der Waals surface area contributed by atoms with Crippen molar-refractivity contribution >= 4 is 32.7 Å². The van der Waals surface area contributed by atoms with E-state index >= 15 is 0 Å². The molecule has 2 aromatic carbocycles. The minimum absolute atomic E-state index is 0.0724. The van der Waals surface area contributed by atoms with Crippen LogP contribution < -0.4 is 5.32 Å². The predicted molar refractivity (Wildman–Crippen MR) is 95.4 cm³/mol. The molecule has 1 aromatic heterocycles. The Bertz CT molecular complexity index is 859. The number of nitrogens with zero attached hydrogens (tertiary/aromatic N) is 1. The first kappa shape index (κ1) is 14.5. The summed E-state index contributed by atoms with van der Waals surface area (Å²) in [5.74, 6) is 0.0724. The lowest BCUT2D eigenvalue weighted by Crippen LogP contribution is -2.37. The monoisotopic (exact) mass is 368 g/mol. The fraction of sp³-hybridized carbons (Fsp3) is 0.211. The molecule has 0 saturated carbocycles. The first-order valence-corrected chi connectivity index (χ1v) is 8.59. The van der Waals surface area contributed by atoms with Crippen LogP contribution in [0.3, 0.4) is 0 Å². The van der Waals surface area contributed by atoms with Gasteiger partial charge < -0.3 is 9.88 Å². The van der Waals surface area contributed by atoms with E-state index in [1.807, 2.05) is 29.0 Å². The average molecular weight is 369 g/mol. The normalized spacial score (nSPS) is 14.1. The lowest BCUT2D eigenvalue weighted by molar-refractivity contribution is -0.122. The average Bonchev–Trinajstić information content (AvgIpc) is 3.10. The Labute approximate surface area is 143 Å². The van der Waals surface area contributed by atoms with Crippen LogP contribution >= 0.6 is 15.9 Å². The molecule has 4 rings (SSSR count). The number of nitrogens with one attached hydrogen (secondary N) is 1. The number of halogens is 1. The van der Waals surface area contributed by atoms with Gasteiger partial charge in [-0.25, -0.2) is 0 Å². The van der Waals surface area contributed by atoms with Crippen molar-refractivity contribution in [1.29, 1.82) is 0 Å². The van der Waals surface area contributed by atoms with Gasteiger partial charge in [-0.3, -0.25) is 4.79 Å². The van der Waals surface area contributed by atoms with E-state index in [0.29, 0.717) is 6.54 Å². The van der Waals surface area contributed by atoms with Crippen molar-refractivity contribution in [1.82, 2.24) is 9.88 Å². The number of hydrogen-bond donors (Lipinski definition) is 1. The molecule has 0 radical (unpaired) electrons. The number of amides is 1. The van der Waals surface area contributed by atoms with E-state index < -0.39 is 0 Å². The van der Waals surface area contributed by atoms with E-state index in [2.05, 4.69) is 51.6 Å². The quantitative estimate of drug-likeness (QED) is 0.751. The second kappa shape index (κ2) is 5.85.